The monoisotopic (exact) mass is 1630 g/mol. The Morgan fingerprint density at radius 1 is 0.132 bits per heavy atom. The van der Waals surface area contributed by atoms with Crippen molar-refractivity contribution in [1.82, 2.24) is 0 Å². The summed E-state index contributed by atoms with van der Waals surface area (Å²) in [5.41, 5.74) is 44.6. The van der Waals surface area contributed by atoms with E-state index in [1.54, 1.807) is 0 Å². The van der Waals surface area contributed by atoms with Gasteiger partial charge >= 0.3 is 0 Å². The minimum absolute atomic E-state index is 0.0233. The largest absolute Gasteiger partial charge is 0.311 e. The molecule has 0 atom stereocenters. The van der Waals surface area contributed by atoms with Crippen molar-refractivity contribution in [2.45, 2.75) is 0 Å². The summed E-state index contributed by atoms with van der Waals surface area (Å²) in [7, 11) is 0. The highest BCUT2D eigenvalue weighted by atomic mass is 15.2. The summed E-state index contributed by atoms with van der Waals surface area (Å²) >= 11 is 0. The number of hydrogen-bond donors (Lipinski definition) is 0. The molecule has 21 aromatic carbocycles. The van der Waals surface area contributed by atoms with E-state index in [4.69, 9.17) is 0 Å². The molecule has 0 amide bonds. The van der Waals surface area contributed by atoms with Crippen LogP contribution in [0, 0.1) is 0 Å². The number of anilines is 18. The van der Waals surface area contributed by atoms with E-state index in [9.17, 15) is 0 Å². The lowest BCUT2D eigenvalue weighted by molar-refractivity contribution is 1.25. The molecule has 0 saturated carbocycles. The second-order valence-corrected chi connectivity index (χ2v) is 35.0. The molecule has 596 valence electrons. The van der Waals surface area contributed by atoms with Crippen LogP contribution >= 0.6 is 0 Å². The Kier molecular flexibility index (Phi) is 16.4. The van der Waals surface area contributed by atoms with Gasteiger partial charge in [0.15, 0.2) is 0 Å². The van der Waals surface area contributed by atoms with Crippen LogP contribution in [0.1, 0.15) is 0 Å². The summed E-state index contributed by atoms with van der Waals surface area (Å²) in [6.45, 7) is 0.162. The molecule has 0 N–H and O–H groups in total. The molecule has 0 aromatic heterocycles. The van der Waals surface area contributed by atoms with E-state index in [1.165, 1.54) is 200 Å². The highest BCUT2D eigenvalue weighted by molar-refractivity contribution is 7.02. The Hall–Kier alpha value is -16.6. The van der Waals surface area contributed by atoms with Crippen molar-refractivity contribution in [3.05, 3.63) is 467 Å². The molecule has 6 heterocycles. The Bertz CT molecular complexity index is 8200. The Morgan fingerprint density at radius 3 is 0.775 bits per heavy atom. The first-order valence-corrected chi connectivity index (χ1v) is 44.9. The number of fused-ring (bicyclic) bond motifs is 15. The van der Waals surface area contributed by atoms with E-state index in [2.05, 4.69) is 497 Å². The van der Waals surface area contributed by atoms with Crippen molar-refractivity contribution < 1.29 is 0 Å². The van der Waals surface area contributed by atoms with Crippen LogP contribution in [0.25, 0.3) is 88.0 Å². The third-order valence-electron chi connectivity index (χ3n) is 28.1. The van der Waals surface area contributed by atoms with Crippen molar-refractivity contribution in [3.63, 3.8) is 0 Å². The van der Waals surface area contributed by atoms with Crippen LogP contribution in [-0.4, -0.2) is 20.1 Å². The number of nitrogens with zero attached hydrogens (tertiary/aromatic N) is 6. The maximum atomic E-state index is 2.50. The van der Waals surface area contributed by atoms with E-state index < -0.39 is 0 Å². The average molecular weight is 1640 g/mol. The molecule has 0 aliphatic carbocycles. The molecule has 0 unspecified atom stereocenters. The van der Waals surface area contributed by atoms with Gasteiger partial charge in [-0.3, -0.25) is 0 Å². The van der Waals surface area contributed by atoms with Gasteiger partial charge in [-0.2, -0.15) is 0 Å². The van der Waals surface area contributed by atoms with Crippen molar-refractivity contribution in [1.29, 1.82) is 0 Å². The molecule has 0 radical (unpaired) electrons. The van der Waals surface area contributed by atoms with E-state index in [1.807, 2.05) is 0 Å². The molecule has 129 heavy (non-hydrogen) atoms. The molecule has 0 fully saturated rings. The number of hydrogen-bond acceptors (Lipinski definition) is 6. The zero-order chi connectivity index (χ0) is 84.5. The predicted octanol–water partition coefficient (Wildman–Crippen LogP) is 25.7. The van der Waals surface area contributed by atoms with Crippen LogP contribution in [0.5, 0.6) is 0 Å². The predicted molar refractivity (Wildman–Crippen MR) is 548 cm³/mol. The number of rotatable bonds is 11. The van der Waals surface area contributed by atoms with Gasteiger partial charge in [-0.15, -0.1) is 0 Å². The van der Waals surface area contributed by atoms with Crippen LogP contribution in [0.15, 0.2) is 467 Å². The maximum absolute atomic E-state index is 2.50. The Balaban J connectivity index is 0.472. The third kappa shape index (κ3) is 11.4. The van der Waals surface area contributed by atoms with Crippen LogP contribution < -0.4 is 78.6 Å². The molecule has 0 spiro atoms. The summed E-state index contributed by atoms with van der Waals surface area (Å²) in [5, 5.41) is 7.31. The molecule has 27 rings (SSSR count). The Labute approximate surface area is 750 Å². The van der Waals surface area contributed by atoms with Gasteiger partial charge in [-0.25, -0.2) is 0 Å². The minimum atomic E-state index is 0.0233. The molecular formula is C120H77B3N6. The SMILES string of the molecule is c1ccc(N2c3ccccc3B3c4ccccc4N(c4ccc(-c5cc(-c6ccc(N7c8ccccc8B8c9ccccc9N(c9ccc(-c%10ccc%11cc(-c%12ccc(N%13c%14ccccc%14B%14c%15ccccc%15N(c%15cccc(-c%16ccc%17ccccc%17c%16)c%15)c%15cccc%13c%15%14)cc%12)ccc%11c%10)cc9)c9cccc7c98)cc6)cc6ccccc56)cc4)c4cccc2c43)cc1. The van der Waals surface area contributed by atoms with Crippen LogP contribution in [-0.2, 0) is 0 Å². The molecule has 6 aliphatic rings. The van der Waals surface area contributed by atoms with Crippen LogP contribution in [0.4, 0.5) is 102 Å². The first kappa shape index (κ1) is 72.8. The fraction of sp³-hybridized carbons (Fsp3) is 0. The Morgan fingerprint density at radius 2 is 0.380 bits per heavy atom. The quantitative estimate of drug-likeness (QED) is 0.119. The van der Waals surface area contributed by atoms with Crippen molar-refractivity contribution in [3.8, 4) is 55.6 Å². The minimum Gasteiger partial charge on any atom is -0.311 e. The van der Waals surface area contributed by atoms with Gasteiger partial charge in [-0.1, -0.05) is 291 Å². The van der Waals surface area contributed by atoms with E-state index in [0.29, 0.717) is 0 Å². The molecule has 21 aromatic rings. The van der Waals surface area contributed by atoms with Gasteiger partial charge in [-0.05, 0) is 313 Å². The topological polar surface area (TPSA) is 19.4 Å². The normalized spacial score (nSPS) is 13.3. The van der Waals surface area contributed by atoms with Crippen molar-refractivity contribution in [2.75, 3.05) is 29.4 Å². The zero-order valence-corrected chi connectivity index (χ0v) is 70.4. The first-order chi connectivity index (χ1) is 64.0. The molecule has 6 nitrogen and oxygen atoms in total. The summed E-state index contributed by atoms with van der Waals surface area (Å²) in [5.74, 6) is 0. The molecule has 0 bridgehead atoms. The van der Waals surface area contributed by atoms with E-state index >= 15 is 0 Å². The lowest BCUT2D eigenvalue weighted by Gasteiger charge is -2.44. The van der Waals surface area contributed by atoms with Gasteiger partial charge in [0.2, 0.25) is 0 Å². The molecule has 0 saturated heterocycles. The standard InChI is InChI=1S/C120H77B3N6/c1-2-28-92(29-3-1)124-106-38-14-8-32-100(106)121-103-35-11-18-42-110(103)128(113-45-21-44-112(124)118(113)121)96-70-62-82(63-71-96)99-77-91(75-90-26-6-7-31-98(90)99)81-60-68-95(69-61-81)127-108-40-16-10-34-102(108)122-101-33-9-15-39-107(101)125(114-46-22-47-115(127)119(114)122)93-64-56-79(57-65-93)85-52-54-89-74-86(53-55-88(89)73-85)80-58-66-94(67-59-80)126-109-41-17-12-36-104(109)123-105-37-13-19-43-111(105)129(117-49-23-48-116(126)120(117)123)97-30-20-27-84(76-97)87-51-50-78-24-4-5-25-83(78)72-87/h1-77H. The average Bonchev–Trinajstić information content (AvgIpc) is 0.710. The van der Waals surface area contributed by atoms with Crippen LogP contribution in [0.2, 0.25) is 0 Å². The highest BCUT2D eigenvalue weighted by Gasteiger charge is 2.47. The lowest BCUT2D eigenvalue weighted by Crippen LogP contribution is -2.61. The second-order valence-electron chi connectivity index (χ2n) is 35.0. The molecule has 9 heteroatoms. The van der Waals surface area contributed by atoms with Gasteiger partial charge in [0.25, 0.3) is 20.1 Å². The van der Waals surface area contributed by atoms with Gasteiger partial charge in [0.1, 0.15) is 0 Å². The van der Waals surface area contributed by atoms with Gasteiger partial charge in [0, 0.05) is 102 Å². The van der Waals surface area contributed by atoms with Gasteiger partial charge < -0.3 is 29.4 Å². The molecular weight excluding hydrogens is 1560 g/mol. The smallest absolute Gasteiger partial charge is 0.252 e. The summed E-state index contributed by atoms with van der Waals surface area (Å²) in [6, 6.07) is 175. The summed E-state index contributed by atoms with van der Waals surface area (Å²) in [6.07, 6.45) is 0. The van der Waals surface area contributed by atoms with E-state index in [-0.39, 0.29) is 20.1 Å². The van der Waals surface area contributed by atoms with Crippen molar-refractivity contribution in [2.24, 2.45) is 0 Å². The lowest BCUT2D eigenvalue weighted by atomic mass is 9.33. The third-order valence-corrected chi connectivity index (χ3v) is 28.1. The second kappa shape index (κ2) is 29.0. The number of para-hydroxylation sites is 7. The van der Waals surface area contributed by atoms with Gasteiger partial charge in [0.05, 0.1) is 0 Å². The van der Waals surface area contributed by atoms with Crippen molar-refractivity contribution >= 4 is 204 Å². The maximum Gasteiger partial charge on any atom is 0.252 e. The fourth-order valence-corrected chi connectivity index (χ4v) is 22.5. The zero-order valence-electron chi connectivity index (χ0n) is 70.4. The number of benzene rings is 21. The summed E-state index contributed by atoms with van der Waals surface area (Å²) < 4.78 is 0. The van der Waals surface area contributed by atoms with E-state index in [0.717, 1.165) is 39.7 Å². The van der Waals surface area contributed by atoms with Crippen LogP contribution in [0.3, 0.4) is 0 Å². The highest BCUT2D eigenvalue weighted by Crippen LogP contribution is 2.51. The first-order valence-electron chi connectivity index (χ1n) is 44.9. The fourth-order valence-electron chi connectivity index (χ4n) is 22.5. The molecule has 6 aliphatic heterocycles. The summed E-state index contributed by atoms with van der Waals surface area (Å²) in [4.78, 5) is 14.9.